The fraction of sp³-hybridized carbons (Fsp3) is 0.100. The largest absolute Gasteiger partial charge is 0.480 e. The highest BCUT2D eigenvalue weighted by Crippen LogP contribution is 2.20. The molecule has 1 aromatic rings. The Hall–Kier alpha value is -2.50. The van der Waals surface area contributed by atoms with E-state index < -0.39 is 50.7 Å². The van der Waals surface area contributed by atoms with Gasteiger partial charge in [0, 0.05) is 0 Å². The Kier molecular flexibility index (Phi) is 6.45. The number of aliphatic hydroxyl groups excluding tert-OH is 1. The molecule has 0 fully saturated rings. The highest BCUT2D eigenvalue weighted by Gasteiger charge is 2.26. The van der Waals surface area contributed by atoms with Crippen molar-refractivity contribution in [3.8, 4) is 0 Å². The molecule has 116 valence electrons. The molecule has 0 spiro atoms. The molecule has 11 heteroatoms. The summed E-state index contributed by atoms with van der Waals surface area (Å²) in [6.07, 6.45) is 0. The van der Waals surface area contributed by atoms with Gasteiger partial charge in [-0.25, -0.2) is 14.4 Å². The van der Waals surface area contributed by atoms with E-state index in [0.717, 1.165) is 18.2 Å². The molecule has 1 rings (SSSR count). The first-order valence-electron chi connectivity index (χ1n) is 4.92. The minimum absolute atomic E-state index is 0.778. The molecule has 0 saturated carbocycles. The molecule has 0 saturated heterocycles. The van der Waals surface area contributed by atoms with Gasteiger partial charge in [-0.3, -0.25) is 4.55 Å². The lowest BCUT2D eigenvalue weighted by Gasteiger charge is -2.05. The van der Waals surface area contributed by atoms with Crippen LogP contribution < -0.4 is 0 Å². The smallest absolute Gasteiger partial charge is 0.337 e. The summed E-state index contributed by atoms with van der Waals surface area (Å²) in [4.78, 5) is 29.4. The summed E-state index contributed by atoms with van der Waals surface area (Å²) >= 11 is 0. The molecule has 0 unspecified atom stereocenters. The second kappa shape index (κ2) is 7.33. The Bertz CT molecular complexity index is 628. The van der Waals surface area contributed by atoms with Gasteiger partial charge in [0.2, 0.25) is 0 Å². The molecule has 21 heavy (non-hydrogen) atoms. The van der Waals surface area contributed by atoms with Gasteiger partial charge in [-0.1, -0.05) is 6.07 Å². The minimum atomic E-state index is -4.92. The molecule has 10 nitrogen and oxygen atoms in total. The van der Waals surface area contributed by atoms with Gasteiger partial charge in [0.1, 0.15) is 11.5 Å². The second-order valence-corrected chi connectivity index (χ2v) is 4.68. The van der Waals surface area contributed by atoms with Gasteiger partial charge in [0.25, 0.3) is 10.1 Å². The third-order valence-corrected chi connectivity index (χ3v) is 2.82. The molecular formula is C10H10O10S. The van der Waals surface area contributed by atoms with Gasteiger partial charge in [-0.15, -0.1) is 0 Å². The van der Waals surface area contributed by atoms with E-state index in [9.17, 15) is 18.0 Å². The van der Waals surface area contributed by atoms with Crippen LogP contribution >= 0.6 is 0 Å². The molecule has 0 heterocycles. The summed E-state index contributed by atoms with van der Waals surface area (Å²) < 4.78 is 30.6. The van der Waals surface area contributed by atoms with Crippen molar-refractivity contribution in [1.82, 2.24) is 0 Å². The van der Waals surface area contributed by atoms with Crippen LogP contribution in [0.1, 0.15) is 20.7 Å². The minimum Gasteiger partial charge on any atom is -0.480 e. The van der Waals surface area contributed by atoms with E-state index in [-0.39, 0.29) is 0 Å². The average molecular weight is 322 g/mol. The first-order valence-corrected chi connectivity index (χ1v) is 6.36. The molecule has 0 aliphatic rings. The van der Waals surface area contributed by atoms with Crippen LogP contribution in [0.4, 0.5) is 0 Å². The topological polar surface area (TPSA) is 186 Å². The Labute approximate surface area is 117 Å². The molecular weight excluding hydrogens is 312 g/mol. The molecule has 0 aliphatic carbocycles. The first-order chi connectivity index (χ1) is 9.52. The van der Waals surface area contributed by atoms with Gasteiger partial charge in [-0.2, -0.15) is 8.42 Å². The summed E-state index contributed by atoms with van der Waals surface area (Å²) in [6, 6.07) is 2.84. The lowest BCUT2D eigenvalue weighted by Crippen LogP contribution is -2.14. The number of aromatic carboxylic acids is 2. The van der Waals surface area contributed by atoms with Crippen LogP contribution in [-0.2, 0) is 14.9 Å². The molecule has 1 aromatic carbocycles. The van der Waals surface area contributed by atoms with Crippen LogP contribution in [0.2, 0.25) is 0 Å². The van der Waals surface area contributed by atoms with Gasteiger partial charge in [0.15, 0.2) is 0 Å². The second-order valence-electron chi connectivity index (χ2n) is 3.32. The maximum atomic E-state index is 10.9. The van der Waals surface area contributed by atoms with Crippen molar-refractivity contribution in [2.24, 2.45) is 0 Å². The fourth-order valence-corrected chi connectivity index (χ4v) is 2.02. The predicted molar refractivity (Wildman–Crippen MR) is 64.9 cm³/mol. The Morgan fingerprint density at radius 1 is 0.952 bits per heavy atom. The maximum absolute atomic E-state index is 10.9. The SMILES string of the molecule is O=C(O)CO.O=C(O)c1cccc(C(=O)O)c1S(=O)(=O)O. The van der Waals surface area contributed by atoms with Gasteiger partial charge < -0.3 is 20.4 Å². The van der Waals surface area contributed by atoms with E-state index in [1.165, 1.54) is 0 Å². The van der Waals surface area contributed by atoms with Crippen molar-refractivity contribution < 1.29 is 47.8 Å². The van der Waals surface area contributed by atoms with Crippen LogP contribution in [0.25, 0.3) is 0 Å². The average Bonchev–Trinajstić information content (AvgIpc) is 2.37. The highest BCUT2D eigenvalue weighted by molar-refractivity contribution is 7.86. The van der Waals surface area contributed by atoms with Crippen molar-refractivity contribution in [1.29, 1.82) is 0 Å². The van der Waals surface area contributed by atoms with Crippen LogP contribution in [0.15, 0.2) is 23.1 Å². The van der Waals surface area contributed by atoms with Crippen molar-refractivity contribution in [3.05, 3.63) is 29.3 Å². The number of aliphatic carboxylic acids is 1. The van der Waals surface area contributed by atoms with Gasteiger partial charge >= 0.3 is 17.9 Å². The van der Waals surface area contributed by atoms with E-state index >= 15 is 0 Å². The molecule has 0 radical (unpaired) electrons. The summed E-state index contributed by atoms with van der Waals surface area (Å²) in [6.45, 7) is -0.778. The molecule has 0 aliphatic heterocycles. The number of hydrogen-bond acceptors (Lipinski definition) is 6. The number of aliphatic hydroxyl groups is 1. The third kappa shape index (κ3) is 5.56. The van der Waals surface area contributed by atoms with E-state index in [2.05, 4.69) is 0 Å². The van der Waals surface area contributed by atoms with Crippen LogP contribution in [0, 0.1) is 0 Å². The van der Waals surface area contributed by atoms with Gasteiger partial charge in [0.05, 0.1) is 11.1 Å². The van der Waals surface area contributed by atoms with E-state index in [4.69, 9.17) is 29.8 Å². The lowest BCUT2D eigenvalue weighted by atomic mass is 10.1. The zero-order valence-electron chi connectivity index (χ0n) is 10.1. The highest BCUT2D eigenvalue weighted by atomic mass is 32.2. The molecule has 0 bridgehead atoms. The summed E-state index contributed by atoms with van der Waals surface area (Å²) in [5, 5.41) is 32.3. The molecule has 5 N–H and O–H groups in total. The van der Waals surface area contributed by atoms with Crippen molar-refractivity contribution in [2.45, 2.75) is 4.90 Å². The lowest BCUT2D eigenvalue weighted by molar-refractivity contribution is -0.140. The van der Waals surface area contributed by atoms with Crippen LogP contribution in [0.3, 0.4) is 0 Å². The summed E-state index contributed by atoms with van der Waals surface area (Å²) in [5.74, 6) is -4.48. The van der Waals surface area contributed by atoms with Gasteiger partial charge in [-0.05, 0) is 12.1 Å². The fourth-order valence-electron chi connectivity index (χ4n) is 1.15. The zero-order chi connectivity index (χ0) is 16.8. The number of carboxylic acids is 3. The summed E-state index contributed by atoms with van der Waals surface area (Å²) in [7, 11) is -4.92. The normalized spacial score (nSPS) is 10.2. The van der Waals surface area contributed by atoms with Crippen molar-refractivity contribution >= 4 is 28.0 Å². The molecule has 0 aromatic heterocycles. The van der Waals surface area contributed by atoms with Crippen molar-refractivity contribution in [3.63, 3.8) is 0 Å². The third-order valence-electron chi connectivity index (χ3n) is 1.87. The molecule has 0 atom stereocenters. The number of benzene rings is 1. The Balaban J connectivity index is 0.000000690. The number of carboxylic acid groups (broad SMARTS) is 3. The van der Waals surface area contributed by atoms with Crippen LogP contribution in [-0.4, -0.2) is 57.9 Å². The van der Waals surface area contributed by atoms with Crippen molar-refractivity contribution in [2.75, 3.05) is 6.61 Å². The van der Waals surface area contributed by atoms with Crippen LogP contribution in [0.5, 0.6) is 0 Å². The Morgan fingerprint density at radius 3 is 1.48 bits per heavy atom. The zero-order valence-corrected chi connectivity index (χ0v) is 10.9. The number of rotatable bonds is 4. The maximum Gasteiger partial charge on any atom is 0.337 e. The quantitative estimate of drug-likeness (QED) is 0.447. The van der Waals surface area contributed by atoms with E-state index in [1.807, 2.05) is 0 Å². The first kappa shape index (κ1) is 18.5. The standard InChI is InChI=1S/C8H6O7S.C2H4O3/c9-7(10)4-2-1-3-5(8(11)12)6(4)16(13,14)15;3-1-2(4)5/h1-3H,(H,9,10)(H,11,12)(H,13,14,15);3H,1H2,(H,4,5). The monoisotopic (exact) mass is 322 g/mol. The number of carbonyl (C=O) groups is 3. The molecule has 0 amide bonds. The number of hydrogen-bond donors (Lipinski definition) is 5. The Morgan fingerprint density at radius 2 is 1.29 bits per heavy atom. The summed E-state index contributed by atoms with van der Waals surface area (Å²) in [5.41, 5.74) is -1.58. The van der Waals surface area contributed by atoms with E-state index in [0.29, 0.717) is 0 Å². The van der Waals surface area contributed by atoms with E-state index in [1.54, 1.807) is 0 Å². The predicted octanol–water partition coefficient (Wildman–Crippen LogP) is -0.607.